The quantitative estimate of drug-likeness (QED) is 0.626. The summed E-state index contributed by atoms with van der Waals surface area (Å²) in [6, 6.07) is 4.25. The van der Waals surface area contributed by atoms with Crippen molar-refractivity contribution < 1.29 is 22.8 Å². The summed E-state index contributed by atoms with van der Waals surface area (Å²) in [7, 11) is 0. The van der Waals surface area contributed by atoms with Gasteiger partial charge in [-0.15, -0.1) is 0 Å². The van der Waals surface area contributed by atoms with Crippen molar-refractivity contribution in [3.8, 4) is 6.07 Å². The summed E-state index contributed by atoms with van der Waals surface area (Å²) in [6.07, 6.45) is 3.35. The molecule has 13 heteroatoms. The lowest BCUT2D eigenvalue weighted by atomic mass is 10.0. The Bertz CT molecular complexity index is 1270. The highest BCUT2D eigenvalue weighted by Crippen LogP contribution is 2.30. The predicted molar refractivity (Wildman–Crippen MR) is 125 cm³/mol. The maximum Gasteiger partial charge on any atom is 0.341 e. The maximum atomic E-state index is 14.4. The molecule has 1 unspecified atom stereocenters. The van der Waals surface area contributed by atoms with Gasteiger partial charge in [0.05, 0.1) is 24.2 Å². The average Bonchev–Trinajstić information content (AvgIpc) is 3.58. The number of likely N-dealkylation sites (tertiary alicyclic amines) is 1. The molecule has 5 rings (SSSR count). The van der Waals surface area contributed by atoms with E-state index in [2.05, 4.69) is 21.1 Å². The molecule has 2 aromatic rings. The number of halogens is 3. The Balaban J connectivity index is 1.24. The van der Waals surface area contributed by atoms with Gasteiger partial charge >= 0.3 is 6.03 Å². The number of rotatable bonds is 3. The van der Waals surface area contributed by atoms with Crippen LogP contribution in [0.15, 0.2) is 29.5 Å². The van der Waals surface area contributed by atoms with E-state index in [4.69, 9.17) is 5.26 Å². The molecule has 0 spiro atoms. The molecule has 0 aliphatic carbocycles. The van der Waals surface area contributed by atoms with Crippen molar-refractivity contribution in [2.75, 3.05) is 44.2 Å². The molecule has 0 saturated carbocycles. The molecule has 0 bridgehead atoms. The molecule has 4 heterocycles. The fourth-order valence-corrected chi connectivity index (χ4v) is 4.75. The topological polar surface area (TPSA) is 109 Å². The number of carbonyl (C=O) groups is 2. The second kappa shape index (κ2) is 10.0. The summed E-state index contributed by atoms with van der Waals surface area (Å²) in [5.41, 5.74) is -0.0309. The lowest BCUT2D eigenvalue weighted by molar-refractivity contribution is 0.0778. The van der Waals surface area contributed by atoms with Crippen molar-refractivity contribution in [1.29, 1.82) is 5.26 Å². The van der Waals surface area contributed by atoms with Crippen LogP contribution in [0.5, 0.6) is 0 Å². The van der Waals surface area contributed by atoms with E-state index in [-0.39, 0.29) is 37.2 Å². The number of urea groups is 1. The number of benzene rings is 1. The minimum absolute atomic E-state index is 0.167. The Hall–Kier alpha value is -4.21. The number of aromatic nitrogens is 2. The molecule has 3 aliphatic rings. The third kappa shape index (κ3) is 4.91. The van der Waals surface area contributed by atoms with E-state index in [0.717, 1.165) is 12.3 Å². The summed E-state index contributed by atoms with van der Waals surface area (Å²) in [5, 5.41) is 14.4. The van der Waals surface area contributed by atoms with E-state index in [9.17, 15) is 22.8 Å². The molecular weight excluding hydrogens is 489 g/mol. The van der Waals surface area contributed by atoms with Crippen molar-refractivity contribution in [3.63, 3.8) is 0 Å². The van der Waals surface area contributed by atoms with Crippen LogP contribution in [-0.2, 0) is 0 Å². The number of hydrazone groups is 1. The zero-order chi connectivity index (χ0) is 26.1. The molecule has 1 aromatic carbocycles. The van der Waals surface area contributed by atoms with E-state index < -0.39 is 35.4 Å². The van der Waals surface area contributed by atoms with Crippen LogP contribution in [0.2, 0.25) is 0 Å². The van der Waals surface area contributed by atoms with Gasteiger partial charge in [-0.3, -0.25) is 4.79 Å². The molecule has 0 N–H and O–H groups in total. The molecule has 2 saturated heterocycles. The summed E-state index contributed by atoms with van der Waals surface area (Å²) in [6.45, 7) is 1.78. The summed E-state index contributed by atoms with van der Waals surface area (Å²) >= 11 is 0. The van der Waals surface area contributed by atoms with Crippen molar-refractivity contribution >= 4 is 24.1 Å². The first-order valence-corrected chi connectivity index (χ1v) is 11.9. The van der Waals surface area contributed by atoms with E-state index in [0.29, 0.717) is 38.0 Å². The Morgan fingerprint density at radius 2 is 1.73 bits per heavy atom. The van der Waals surface area contributed by atoms with Gasteiger partial charge in [0, 0.05) is 58.0 Å². The zero-order valence-electron chi connectivity index (χ0n) is 19.7. The highest BCUT2D eigenvalue weighted by molar-refractivity contribution is 5.93. The summed E-state index contributed by atoms with van der Waals surface area (Å²) in [4.78, 5) is 38.9. The minimum atomic E-state index is -0.838. The molecule has 37 heavy (non-hydrogen) atoms. The Morgan fingerprint density at radius 1 is 1.00 bits per heavy atom. The van der Waals surface area contributed by atoms with Crippen molar-refractivity contribution in [2.24, 2.45) is 11.0 Å². The first-order valence-electron chi connectivity index (χ1n) is 11.9. The highest BCUT2D eigenvalue weighted by Gasteiger charge is 2.34. The van der Waals surface area contributed by atoms with E-state index in [1.165, 1.54) is 28.3 Å². The van der Waals surface area contributed by atoms with Gasteiger partial charge in [0.1, 0.15) is 11.6 Å². The largest absolute Gasteiger partial charge is 0.341 e. The smallest absolute Gasteiger partial charge is 0.337 e. The Kier molecular flexibility index (Phi) is 6.64. The maximum absolute atomic E-state index is 14.4. The SMILES string of the molecule is N#C[C@@H]1CCN(C(=O)c2nc(N3CCN(C(=O)N4N=CCC4c4cc(F)cc(F)c4)CC3)ncc2F)C1. The average molecular weight is 512 g/mol. The molecule has 3 aliphatic heterocycles. The van der Waals surface area contributed by atoms with Crippen LogP contribution >= 0.6 is 0 Å². The third-order valence-electron chi connectivity index (χ3n) is 6.72. The fraction of sp³-hybridized carbons (Fsp3) is 0.417. The number of carbonyl (C=O) groups excluding carboxylic acids is 2. The summed E-state index contributed by atoms with van der Waals surface area (Å²) in [5.74, 6) is -2.99. The summed E-state index contributed by atoms with van der Waals surface area (Å²) < 4.78 is 41.9. The number of amides is 3. The standard InChI is InChI=1S/C24H23F3N8O2/c25-17-9-16(10-18(26)11-17)20-1-3-30-35(20)24(37)33-7-5-32(6-8-33)23-29-13-19(27)21(31-23)22(36)34-4-2-15(12-28)14-34/h3,9-11,13,15,20H,1-2,4-8,14H2/t15-,20?/m0/s1. The van der Waals surface area contributed by atoms with Crippen molar-refractivity contribution in [3.05, 3.63) is 53.1 Å². The Labute approximate surface area is 210 Å². The third-order valence-corrected chi connectivity index (χ3v) is 6.72. The molecule has 10 nitrogen and oxygen atoms in total. The monoisotopic (exact) mass is 512 g/mol. The predicted octanol–water partition coefficient (Wildman–Crippen LogP) is 2.55. The van der Waals surface area contributed by atoms with E-state index in [1.54, 1.807) is 9.80 Å². The first-order chi connectivity index (χ1) is 17.8. The van der Waals surface area contributed by atoms with Crippen LogP contribution in [0.3, 0.4) is 0 Å². The van der Waals surface area contributed by atoms with E-state index >= 15 is 0 Å². The Morgan fingerprint density at radius 3 is 2.41 bits per heavy atom. The number of piperazine rings is 1. The van der Waals surface area contributed by atoms with Crippen molar-refractivity contribution in [2.45, 2.75) is 18.9 Å². The second-order valence-corrected chi connectivity index (χ2v) is 9.09. The second-order valence-electron chi connectivity index (χ2n) is 9.09. The van der Waals surface area contributed by atoms with Crippen LogP contribution in [0.1, 0.15) is 34.9 Å². The normalized spacial score (nSPS) is 21.5. The molecule has 2 fully saturated rings. The molecule has 2 atom stereocenters. The number of anilines is 1. The highest BCUT2D eigenvalue weighted by atomic mass is 19.1. The van der Waals surface area contributed by atoms with Gasteiger partial charge in [0.2, 0.25) is 5.95 Å². The molecule has 0 radical (unpaired) electrons. The van der Waals surface area contributed by atoms with Gasteiger partial charge in [-0.1, -0.05) is 0 Å². The number of nitrogens with zero attached hydrogens (tertiary/aromatic N) is 8. The minimum Gasteiger partial charge on any atom is -0.337 e. The van der Waals surface area contributed by atoms with E-state index in [1.807, 2.05) is 0 Å². The van der Waals surface area contributed by atoms with Crippen LogP contribution in [0.4, 0.5) is 23.9 Å². The van der Waals surface area contributed by atoms with Crippen LogP contribution in [0, 0.1) is 34.7 Å². The van der Waals surface area contributed by atoms with Crippen molar-refractivity contribution in [1.82, 2.24) is 24.8 Å². The van der Waals surface area contributed by atoms with Gasteiger partial charge in [-0.05, 0) is 24.1 Å². The van der Waals surface area contributed by atoms with Gasteiger partial charge in [0.15, 0.2) is 11.5 Å². The van der Waals surface area contributed by atoms with Gasteiger partial charge in [0.25, 0.3) is 5.91 Å². The van der Waals surface area contributed by atoms with Gasteiger partial charge in [-0.25, -0.2) is 32.9 Å². The number of nitriles is 1. The van der Waals surface area contributed by atoms with Gasteiger partial charge < -0.3 is 14.7 Å². The first kappa shape index (κ1) is 24.5. The number of hydrogen-bond donors (Lipinski definition) is 0. The molecular formula is C24H23F3N8O2. The van der Waals surface area contributed by atoms with Crippen LogP contribution in [0.25, 0.3) is 0 Å². The molecule has 192 valence electrons. The lowest BCUT2D eigenvalue weighted by Gasteiger charge is -2.37. The molecule has 3 amide bonds. The fourth-order valence-electron chi connectivity index (χ4n) is 4.75. The lowest BCUT2D eigenvalue weighted by Crippen LogP contribution is -2.52. The zero-order valence-corrected chi connectivity index (χ0v) is 19.7. The molecule has 1 aromatic heterocycles. The van der Waals surface area contributed by atoms with Gasteiger partial charge in [-0.2, -0.15) is 10.4 Å². The van der Waals surface area contributed by atoms with Crippen LogP contribution < -0.4 is 4.90 Å². The van der Waals surface area contributed by atoms with Crippen LogP contribution in [-0.4, -0.2) is 82.2 Å². The number of hydrogen-bond acceptors (Lipinski definition) is 7.